The summed E-state index contributed by atoms with van der Waals surface area (Å²) in [5.41, 5.74) is 7.01. The Morgan fingerprint density at radius 1 is 1.32 bits per heavy atom. The number of amides is 1. The number of methoxy groups -OCH3 is 1. The molecule has 8 nitrogen and oxygen atoms in total. The van der Waals surface area contributed by atoms with Crippen LogP contribution >= 0.6 is 0 Å². The van der Waals surface area contributed by atoms with Gasteiger partial charge in [-0.05, 0) is 25.0 Å². The lowest BCUT2D eigenvalue weighted by molar-refractivity contribution is -0.121. The second kappa shape index (κ2) is 8.72. The van der Waals surface area contributed by atoms with E-state index in [-0.39, 0.29) is 30.4 Å². The van der Waals surface area contributed by atoms with Crippen molar-refractivity contribution in [3.63, 3.8) is 0 Å². The molecule has 0 fully saturated rings. The van der Waals surface area contributed by atoms with E-state index < -0.39 is 5.97 Å². The molecular weight excluding hydrogens is 324 g/mol. The molecule has 0 aliphatic carbocycles. The number of aromatic nitrogens is 2. The fraction of sp³-hybridized carbons (Fsp3) is 0.353. The van der Waals surface area contributed by atoms with Crippen molar-refractivity contribution >= 4 is 17.7 Å². The molecular formula is C17H22N4O4. The third-order valence-electron chi connectivity index (χ3n) is 3.58. The van der Waals surface area contributed by atoms with Crippen LogP contribution in [0.15, 0.2) is 30.5 Å². The third kappa shape index (κ3) is 4.72. The number of ether oxygens (including phenoxy) is 2. The predicted molar refractivity (Wildman–Crippen MR) is 92.3 cm³/mol. The van der Waals surface area contributed by atoms with Crippen molar-refractivity contribution in [2.24, 2.45) is 0 Å². The van der Waals surface area contributed by atoms with E-state index in [0.29, 0.717) is 13.0 Å². The van der Waals surface area contributed by atoms with E-state index >= 15 is 0 Å². The molecule has 134 valence electrons. The van der Waals surface area contributed by atoms with Gasteiger partial charge in [-0.3, -0.25) is 4.79 Å². The summed E-state index contributed by atoms with van der Waals surface area (Å²) in [6, 6.07) is 7.63. The van der Waals surface area contributed by atoms with Gasteiger partial charge in [0.2, 0.25) is 5.91 Å². The third-order valence-corrected chi connectivity index (χ3v) is 3.58. The highest BCUT2D eigenvalue weighted by molar-refractivity contribution is 5.94. The van der Waals surface area contributed by atoms with E-state index in [1.807, 2.05) is 24.3 Å². The first kappa shape index (κ1) is 18.3. The number of benzene rings is 1. The standard InChI is InChI=1S/C17H22N4O4/c1-3-25-17(23)13-10-20-21(16(13)18)11-15(22)19-9-8-12-6-4-5-7-14(12)24-2/h4-7,10H,3,8-9,11,18H2,1-2H3,(H,19,22). The zero-order valence-electron chi connectivity index (χ0n) is 14.3. The molecule has 0 aliphatic heterocycles. The molecule has 0 unspecified atom stereocenters. The summed E-state index contributed by atoms with van der Waals surface area (Å²) in [7, 11) is 1.61. The number of nitrogens with one attached hydrogen (secondary N) is 1. The minimum Gasteiger partial charge on any atom is -0.496 e. The summed E-state index contributed by atoms with van der Waals surface area (Å²) >= 11 is 0. The summed E-state index contributed by atoms with van der Waals surface area (Å²) in [5, 5.41) is 6.76. The van der Waals surface area contributed by atoms with Crippen LogP contribution in [0.2, 0.25) is 0 Å². The number of nitrogens with two attached hydrogens (primary N) is 1. The second-order valence-corrected chi connectivity index (χ2v) is 5.23. The van der Waals surface area contributed by atoms with Gasteiger partial charge in [-0.15, -0.1) is 0 Å². The Morgan fingerprint density at radius 3 is 2.80 bits per heavy atom. The minimum atomic E-state index is -0.553. The van der Waals surface area contributed by atoms with Gasteiger partial charge < -0.3 is 20.5 Å². The molecule has 2 aromatic rings. The molecule has 8 heteroatoms. The zero-order valence-corrected chi connectivity index (χ0v) is 14.3. The number of rotatable bonds is 8. The van der Waals surface area contributed by atoms with Gasteiger partial charge >= 0.3 is 5.97 Å². The number of carbonyl (C=O) groups excluding carboxylic acids is 2. The summed E-state index contributed by atoms with van der Waals surface area (Å²) < 4.78 is 11.4. The predicted octanol–water partition coefficient (Wildman–Crippen LogP) is 1.01. The summed E-state index contributed by atoms with van der Waals surface area (Å²) in [4.78, 5) is 23.7. The number of esters is 1. The van der Waals surface area contributed by atoms with Gasteiger partial charge in [0, 0.05) is 6.54 Å². The number of hydrogen-bond donors (Lipinski definition) is 2. The molecule has 25 heavy (non-hydrogen) atoms. The van der Waals surface area contributed by atoms with Crippen molar-refractivity contribution in [1.82, 2.24) is 15.1 Å². The monoisotopic (exact) mass is 346 g/mol. The van der Waals surface area contributed by atoms with Crippen molar-refractivity contribution in [1.29, 1.82) is 0 Å². The fourth-order valence-corrected chi connectivity index (χ4v) is 2.32. The van der Waals surface area contributed by atoms with E-state index in [0.717, 1.165) is 11.3 Å². The average Bonchev–Trinajstić information content (AvgIpc) is 2.96. The largest absolute Gasteiger partial charge is 0.496 e. The van der Waals surface area contributed by atoms with Gasteiger partial charge in [-0.2, -0.15) is 5.10 Å². The minimum absolute atomic E-state index is 0.0723. The molecule has 2 rings (SSSR count). The van der Waals surface area contributed by atoms with Crippen LogP contribution in [-0.2, 0) is 22.5 Å². The summed E-state index contributed by atoms with van der Waals surface area (Å²) in [5.74, 6) is 0.0911. The molecule has 0 saturated heterocycles. The van der Waals surface area contributed by atoms with Crippen LogP contribution < -0.4 is 15.8 Å². The first-order valence-corrected chi connectivity index (χ1v) is 7.93. The van der Waals surface area contributed by atoms with Crippen LogP contribution in [0.5, 0.6) is 5.75 Å². The summed E-state index contributed by atoms with van der Waals surface area (Å²) in [6.07, 6.45) is 1.94. The molecule has 0 bridgehead atoms. The fourth-order valence-electron chi connectivity index (χ4n) is 2.32. The average molecular weight is 346 g/mol. The molecule has 1 heterocycles. The zero-order chi connectivity index (χ0) is 18.2. The van der Waals surface area contributed by atoms with Crippen LogP contribution in [0.3, 0.4) is 0 Å². The highest BCUT2D eigenvalue weighted by atomic mass is 16.5. The van der Waals surface area contributed by atoms with Gasteiger partial charge in [-0.25, -0.2) is 9.48 Å². The Bertz CT molecular complexity index is 742. The molecule has 0 atom stereocenters. The van der Waals surface area contributed by atoms with Crippen LogP contribution in [0.1, 0.15) is 22.8 Å². The smallest absolute Gasteiger partial charge is 0.343 e. The Kier molecular flexibility index (Phi) is 6.39. The molecule has 0 aliphatic rings. The normalized spacial score (nSPS) is 10.3. The van der Waals surface area contributed by atoms with Crippen molar-refractivity contribution in [3.05, 3.63) is 41.6 Å². The van der Waals surface area contributed by atoms with Crippen LogP contribution in [-0.4, -0.2) is 41.9 Å². The number of para-hydroxylation sites is 1. The molecule has 0 saturated carbocycles. The Labute approximate surface area is 145 Å². The van der Waals surface area contributed by atoms with Gasteiger partial charge in [0.25, 0.3) is 0 Å². The van der Waals surface area contributed by atoms with E-state index in [4.69, 9.17) is 15.2 Å². The quantitative estimate of drug-likeness (QED) is 0.691. The number of nitrogens with zero attached hydrogens (tertiary/aromatic N) is 2. The lowest BCUT2D eigenvalue weighted by atomic mass is 10.1. The van der Waals surface area contributed by atoms with Crippen LogP contribution in [0.4, 0.5) is 5.82 Å². The number of anilines is 1. The van der Waals surface area contributed by atoms with E-state index in [9.17, 15) is 9.59 Å². The molecule has 0 radical (unpaired) electrons. The lowest BCUT2D eigenvalue weighted by Crippen LogP contribution is -2.30. The number of hydrogen-bond acceptors (Lipinski definition) is 6. The Hall–Kier alpha value is -3.03. The maximum Gasteiger partial charge on any atom is 0.343 e. The lowest BCUT2D eigenvalue weighted by Gasteiger charge is -2.09. The SMILES string of the molecule is CCOC(=O)c1cnn(CC(=O)NCCc2ccccc2OC)c1N. The maximum atomic E-state index is 12.0. The van der Waals surface area contributed by atoms with E-state index in [1.54, 1.807) is 14.0 Å². The number of carbonyl (C=O) groups is 2. The molecule has 1 aromatic heterocycles. The highest BCUT2D eigenvalue weighted by Crippen LogP contribution is 2.17. The molecule has 1 amide bonds. The van der Waals surface area contributed by atoms with Crippen molar-refractivity contribution in [3.8, 4) is 5.75 Å². The van der Waals surface area contributed by atoms with Crippen molar-refractivity contribution < 1.29 is 19.1 Å². The first-order valence-electron chi connectivity index (χ1n) is 7.93. The van der Waals surface area contributed by atoms with Gasteiger partial charge in [0.15, 0.2) is 0 Å². The Balaban J connectivity index is 1.87. The van der Waals surface area contributed by atoms with Crippen molar-refractivity contribution in [2.45, 2.75) is 19.9 Å². The van der Waals surface area contributed by atoms with Crippen LogP contribution in [0.25, 0.3) is 0 Å². The van der Waals surface area contributed by atoms with Gasteiger partial charge in [0.05, 0.1) is 19.9 Å². The van der Waals surface area contributed by atoms with E-state index in [2.05, 4.69) is 10.4 Å². The van der Waals surface area contributed by atoms with Crippen molar-refractivity contribution in [2.75, 3.05) is 26.0 Å². The second-order valence-electron chi connectivity index (χ2n) is 5.23. The van der Waals surface area contributed by atoms with Crippen LogP contribution in [0, 0.1) is 0 Å². The molecule has 0 spiro atoms. The first-order chi connectivity index (χ1) is 12.1. The molecule has 3 N–H and O–H groups in total. The number of nitrogen functional groups attached to an aromatic ring is 1. The van der Waals surface area contributed by atoms with Gasteiger partial charge in [-0.1, -0.05) is 18.2 Å². The summed E-state index contributed by atoms with van der Waals surface area (Å²) in [6.45, 7) is 2.32. The Morgan fingerprint density at radius 2 is 2.08 bits per heavy atom. The highest BCUT2D eigenvalue weighted by Gasteiger charge is 2.17. The molecule has 1 aromatic carbocycles. The topological polar surface area (TPSA) is 108 Å². The van der Waals surface area contributed by atoms with E-state index in [1.165, 1.54) is 10.9 Å². The maximum absolute atomic E-state index is 12.0. The van der Waals surface area contributed by atoms with Gasteiger partial charge in [0.1, 0.15) is 23.7 Å².